The monoisotopic (exact) mass is 493 g/mol. The second-order valence-corrected chi connectivity index (χ2v) is 9.31. The van der Waals surface area contributed by atoms with Crippen LogP contribution in [0.25, 0.3) is 10.9 Å². The number of carbonyl (C=O) groups excluding carboxylic acids is 4. The van der Waals surface area contributed by atoms with Gasteiger partial charge in [-0.2, -0.15) is 0 Å². The number of rotatable bonds is 4. The fourth-order valence-corrected chi connectivity index (χ4v) is 5.27. The number of para-hydroxylation sites is 1. The van der Waals surface area contributed by atoms with Gasteiger partial charge in [-0.1, -0.05) is 42.5 Å². The van der Waals surface area contributed by atoms with Crippen LogP contribution in [0.3, 0.4) is 0 Å². The van der Waals surface area contributed by atoms with Gasteiger partial charge in [0.25, 0.3) is 5.91 Å². The predicted molar refractivity (Wildman–Crippen MR) is 136 cm³/mol. The minimum Gasteiger partial charge on any atom is -0.394 e. The van der Waals surface area contributed by atoms with Crippen molar-refractivity contribution in [2.24, 2.45) is 0 Å². The van der Waals surface area contributed by atoms with Gasteiger partial charge in [-0.15, -0.1) is 0 Å². The highest BCUT2D eigenvalue weighted by Crippen LogP contribution is 2.29. The molecule has 0 saturated heterocycles. The van der Waals surface area contributed by atoms with Crippen LogP contribution in [-0.4, -0.2) is 57.6 Å². The third-order valence-electron chi connectivity index (χ3n) is 7.17. The molecule has 0 saturated carbocycles. The van der Waals surface area contributed by atoms with Crippen LogP contribution in [-0.2, 0) is 17.8 Å². The van der Waals surface area contributed by atoms with Crippen LogP contribution in [0.4, 0.5) is 0 Å². The van der Waals surface area contributed by atoms with E-state index in [-0.39, 0.29) is 28.3 Å². The number of aliphatic hydroxyl groups is 1. The van der Waals surface area contributed by atoms with Crippen LogP contribution in [0.2, 0.25) is 0 Å². The van der Waals surface area contributed by atoms with Crippen LogP contribution in [0, 0.1) is 0 Å². The van der Waals surface area contributed by atoms with Crippen molar-refractivity contribution < 1.29 is 24.3 Å². The molecule has 1 atom stereocenters. The molecule has 8 nitrogen and oxygen atoms in total. The number of nitrogens with zero attached hydrogens (tertiary/aromatic N) is 1. The van der Waals surface area contributed by atoms with Gasteiger partial charge in [0.15, 0.2) is 11.6 Å². The second-order valence-electron chi connectivity index (χ2n) is 9.31. The molecule has 0 bridgehead atoms. The lowest BCUT2D eigenvalue weighted by Gasteiger charge is -2.30. The van der Waals surface area contributed by atoms with Crippen LogP contribution >= 0.6 is 0 Å². The van der Waals surface area contributed by atoms with Gasteiger partial charge >= 0.3 is 0 Å². The standard InChI is InChI=1S/C29H23N3O5/c33-15-25(29(37)32-12-11-18-17-5-3-4-8-23(17)30-24(18)14-32)31-28(36)16-9-10-21-22(13-16)27(35)20-7-2-1-6-19(20)26(21)34/h1-10,13,25,30,33H,11-12,14-15H2,(H,31,36)/t25-/m0/s1. The Morgan fingerprint density at radius 2 is 1.59 bits per heavy atom. The van der Waals surface area contributed by atoms with Crippen LogP contribution in [0.1, 0.15) is 53.5 Å². The van der Waals surface area contributed by atoms with Gasteiger partial charge in [-0.05, 0) is 36.2 Å². The molecule has 0 spiro atoms. The summed E-state index contributed by atoms with van der Waals surface area (Å²) in [5.74, 6) is -1.62. The normalized spacial score (nSPS) is 15.1. The van der Waals surface area contributed by atoms with Gasteiger partial charge in [-0.3, -0.25) is 19.2 Å². The van der Waals surface area contributed by atoms with E-state index < -0.39 is 24.5 Å². The molecule has 8 heteroatoms. The van der Waals surface area contributed by atoms with Crippen molar-refractivity contribution in [3.8, 4) is 0 Å². The van der Waals surface area contributed by atoms with Crippen molar-refractivity contribution in [2.75, 3.05) is 13.2 Å². The lowest BCUT2D eigenvalue weighted by molar-refractivity contribution is -0.135. The Balaban J connectivity index is 1.20. The summed E-state index contributed by atoms with van der Waals surface area (Å²) in [5, 5.41) is 13.7. The second kappa shape index (κ2) is 8.83. The number of hydrogen-bond acceptors (Lipinski definition) is 5. The molecular weight excluding hydrogens is 470 g/mol. The van der Waals surface area contributed by atoms with Crippen molar-refractivity contribution in [1.82, 2.24) is 15.2 Å². The Morgan fingerprint density at radius 3 is 2.35 bits per heavy atom. The van der Waals surface area contributed by atoms with Crippen LogP contribution in [0.5, 0.6) is 0 Å². The first-order chi connectivity index (χ1) is 18.0. The molecule has 0 fully saturated rings. The summed E-state index contributed by atoms with van der Waals surface area (Å²) in [4.78, 5) is 57.1. The fourth-order valence-electron chi connectivity index (χ4n) is 5.27. The number of aliphatic hydroxyl groups excluding tert-OH is 1. The molecule has 3 aromatic carbocycles. The summed E-state index contributed by atoms with van der Waals surface area (Å²) < 4.78 is 0. The third kappa shape index (κ3) is 3.73. The third-order valence-corrected chi connectivity index (χ3v) is 7.17. The number of hydrogen-bond donors (Lipinski definition) is 3. The number of amides is 2. The summed E-state index contributed by atoms with van der Waals surface area (Å²) in [5.41, 5.74) is 4.27. The average Bonchev–Trinajstić information content (AvgIpc) is 3.31. The first-order valence-corrected chi connectivity index (χ1v) is 12.1. The number of nitrogens with one attached hydrogen (secondary N) is 2. The first kappa shape index (κ1) is 22.9. The molecule has 6 rings (SSSR count). The van der Waals surface area contributed by atoms with E-state index >= 15 is 0 Å². The summed E-state index contributed by atoms with van der Waals surface area (Å²) in [7, 11) is 0. The number of aromatic amines is 1. The molecule has 2 heterocycles. The first-order valence-electron chi connectivity index (χ1n) is 12.1. The molecule has 3 N–H and O–H groups in total. The number of carbonyl (C=O) groups is 4. The van der Waals surface area contributed by atoms with E-state index in [9.17, 15) is 24.3 Å². The van der Waals surface area contributed by atoms with Gasteiger partial charge in [0, 0.05) is 51.0 Å². The van der Waals surface area contributed by atoms with E-state index in [4.69, 9.17) is 0 Å². The van der Waals surface area contributed by atoms with Crippen LogP contribution in [0.15, 0.2) is 66.7 Å². The van der Waals surface area contributed by atoms with Crippen molar-refractivity contribution in [2.45, 2.75) is 19.0 Å². The maximum atomic E-state index is 13.2. The van der Waals surface area contributed by atoms with E-state index in [0.29, 0.717) is 30.6 Å². The summed E-state index contributed by atoms with van der Waals surface area (Å²) in [6.45, 7) is 0.245. The van der Waals surface area contributed by atoms with Gasteiger partial charge < -0.3 is 20.3 Å². The van der Waals surface area contributed by atoms with Gasteiger partial charge in [-0.25, -0.2) is 0 Å². The summed E-state index contributed by atoms with van der Waals surface area (Å²) in [6.07, 6.45) is 0.666. The van der Waals surface area contributed by atoms with E-state index in [2.05, 4.69) is 10.3 Å². The van der Waals surface area contributed by atoms with Crippen molar-refractivity contribution in [3.05, 3.63) is 106 Å². The molecule has 0 radical (unpaired) electrons. The molecule has 4 aromatic rings. The highest BCUT2D eigenvalue weighted by atomic mass is 16.3. The van der Waals surface area contributed by atoms with E-state index in [0.717, 1.165) is 16.6 Å². The van der Waals surface area contributed by atoms with E-state index in [1.54, 1.807) is 29.2 Å². The average molecular weight is 494 g/mol. The minimum atomic E-state index is -1.15. The number of H-pyrrole nitrogens is 1. The zero-order valence-electron chi connectivity index (χ0n) is 19.8. The highest BCUT2D eigenvalue weighted by Gasteiger charge is 2.32. The quantitative estimate of drug-likeness (QED) is 0.356. The number of aromatic nitrogens is 1. The Bertz CT molecular complexity index is 1620. The molecule has 1 aliphatic heterocycles. The molecule has 2 amide bonds. The molecular formula is C29H23N3O5. The smallest absolute Gasteiger partial charge is 0.252 e. The minimum absolute atomic E-state index is 0.127. The van der Waals surface area contributed by atoms with Crippen molar-refractivity contribution in [3.63, 3.8) is 0 Å². The summed E-state index contributed by atoms with van der Waals surface area (Å²) >= 11 is 0. The molecule has 2 aliphatic rings. The zero-order valence-corrected chi connectivity index (χ0v) is 19.8. The van der Waals surface area contributed by atoms with Gasteiger partial charge in [0.05, 0.1) is 13.2 Å². The number of ketones is 2. The maximum absolute atomic E-state index is 13.2. The Hall–Kier alpha value is -4.56. The summed E-state index contributed by atoms with van der Waals surface area (Å²) in [6, 6.07) is 17.7. The maximum Gasteiger partial charge on any atom is 0.252 e. The van der Waals surface area contributed by atoms with Crippen molar-refractivity contribution >= 4 is 34.3 Å². The van der Waals surface area contributed by atoms with E-state index in [1.165, 1.54) is 23.8 Å². The Kier molecular flexibility index (Phi) is 5.46. The molecule has 1 aliphatic carbocycles. The fraction of sp³-hybridized carbons (Fsp3) is 0.172. The predicted octanol–water partition coefficient (Wildman–Crippen LogP) is 2.62. The largest absolute Gasteiger partial charge is 0.394 e. The van der Waals surface area contributed by atoms with Gasteiger partial charge in [0.1, 0.15) is 6.04 Å². The Labute approximate surface area is 211 Å². The SMILES string of the molecule is O=C(N[C@@H](CO)C(=O)N1CCc2c([nH]c3ccccc23)C1)c1ccc2c(c1)C(=O)c1ccccc1C2=O. The van der Waals surface area contributed by atoms with Crippen molar-refractivity contribution in [1.29, 1.82) is 0 Å². The van der Waals surface area contributed by atoms with E-state index in [1.807, 2.05) is 24.3 Å². The highest BCUT2D eigenvalue weighted by molar-refractivity contribution is 6.28. The zero-order chi connectivity index (χ0) is 25.7. The lowest BCUT2D eigenvalue weighted by atomic mass is 9.83. The molecule has 184 valence electrons. The Morgan fingerprint density at radius 1 is 0.919 bits per heavy atom. The topological polar surface area (TPSA) is 120 Å². The molecule has 1 aromatic heterocycles. The lowest BCUT2D eigenvalue weighted by Crippen LogP contribution is -2.51. The van der Waals surface area contributed by atoms with Crippen LogP contribution < -0.4 is 5.32 Å². The molecule has 0 unspecified atom stereocenters. The van der Waals surface area contributed by atoms with Gasteiger partial charge in [0.2, 0.25) is 5.91 Å². The number of fused-ring (bicyclic) bond motifs is 5. The number of benzene rings is 3. The molecule has 37 heavy (non-hydrogen) atoms.